The first-order valence-corrected chi connectivity index (χ1v) is 5.22. The Bertz CT molecular complexity index is 280. The van der Waals surface area contributed by atoms with Crippen LogP contribution in [0, 0.1) is 5.92 Å². The van der Waals surface area contributed by atoms with Crippen molar-refractivity contribution < 1.29 is 9.84 Å². The Morgan fingerprint density at radius 3 is 2.73 bits per heavy atom. The molecule has 0 heterocycles. The third-order valence-corrected chi connectivity index (χ3v) is 2.06. The van der Waals surface area contributed by atoms with Crippen molar-refractivity contribution in [3.63, 3.8) is 0 Å². The third kappa shape index (κ3) is 5.35. The van der Waals surface area contributed by atoms with Crippen LogP contribution in [0.5, 0.6) is 0 Å². The molecule has 0 aromatic heterocycles. The Morgan fingerprint density at radius 1 is 1.33 bits per heavy atom. The number of aliphatic hydroxyl groups is 1. The summed E-state index contributed by atoms with van der Waals surface area (Å²) in [6.45, 7) is 3.50. The molecule has 1 atom stereocenters. The van der Waals surface area contributed by atoms with E-state index in [1.165, 1.54) is 5.56 Å². The monoisotopic (exact) mass is 206 g/mol. The molecule has 0 saturated heterocycles. The molecule has 1 aromatic rings. The summed E-state index contributed by atoms with van der Waals surface area (Å²) < 4.78 is 5.55. The predicted octanol–water partition coefficient (Wildman–Crippen LogP) is 2.39. The highest BCUT2D eigenvalue weighted by atomic mass is 16.5. The minimum atomic E-state index is 0.100. The zero-order chi connectivity index (χ0) is 10.9. The highest BCUT2D eigenvalue weighted by Crippen LogP contribution is 2.03. The number of rotatable bonds is 6. The van der Waals surface area contributed by atoms with Gasteiger partial charge in [-0.15, -0.1) is 0 Å². The van der Waals surface area contributed by atoms with Crippen molar-refractivity contribution in [2.45, 2.75) is 13.5 Å². The van der Waals surface area contributed by atoms with Crippen LogP contribution in [0.4, 0.5) is 0 Å². The predicted molar refractivity (Wildman–Crippen MR) is 61.5 cm³/mol. The van der Waals surface area contributed by atoms with Gasteiger partial charge < -0.3 is 9.84 Å². The molecule has 1 aromatic carbocycles. The van der Waals surface area contributed by atoms with Crippen LogP contribution >= 0.6 is 0 Å². The van der Waals surface area contributed by atoms with Gasteiger partial charge in [-0.1, -0.05) is 49.4 Å². The highest BCUT2D eigenvalue weighted by Gasteiger charge is 1.97. The van der Waals surface area contributed by atoms with Crippen molar-refractivity contribution in [2.75, 3.05) is 13.2 Å². The lowest BCUT2D eigenvalue weighted by molar-refractivity contribution is 0.104. The van der Waals surface area contributed by atoms with Crippen LogP contribution in [0.15, 0.2) is 42.5 Å². The number of hydrogen-bond donors (Lipinski definition) is 1. The lowest BCUT2D eigenvalue weighted by Gasteiger charge is -2.07. The highest BCUT2D eigenvalue weighted by molar-refractivity contribution is 5.13. The Hall–Kier alpha value is -1.12. The Morgan fingerprint density at radius 2 is 2.07 bits per heavy atom. The molecule has 82 valence electrons. The van der Waals surface area contributed by atoms with Crippen LogP contribution in [0.3, 0.4) is 0 Å². The van der Waals surface area contributed by atoms with Gasteiger partial charge in [-0.3, -0.25) is 0 Å². The average Bonchev–Trinajstić information content (AvgIpc) is 2.28. The van der Waals surface area contributed by atoms with Crippen molar-refractivity contribution in [3.05, 3.63) is 48.0 Å². The van der Waals surface area contributed by atoms with Gasteiger partial charge in [0.15, 0.2) is 0 Å². The average molecular weight is 206 g/mol. The van der Waals surface area contributed by atoms with E-state index in [0.29, 0.717) is 19.1 Å². The smallest absolute Gasteiger partial charge is 0.0717 e. The van der Waals surface area contributed by atoms with Gasteiger partial charge >= 0.3 is 0 Å². The molecule has 1 N–H and O–H groups in total. The van der Waals surface area contributed by atoms with Crippen molar-refractivity contribution in [3.8, 4) is 0 Å². The number of hydrogen-bond acceptors (Lipinski definition) is 2. The van der Waals surface area contributed by atoms with Gasteiger partial charge in [-0.05, 0) is 11.5 Å². The largest absolute Gasteiger partial charge is 0.392 e. The van der Waals surface area contributed by atoms with E-state index in [-0.39, 0.29) is 6.61 Å². The molecule has 0 fully saturated rings. The molecule has 0 radical (unpaired) electrons. The van der Waals surface area contributed by atoms with E-state index >= 15 is 0 Å². The first kappa shape index (κ1) is 12.0. The van der Waals surface area contributed by atoms with Gasteiger partial charge in [0.2, 0.25) is 0 Å². The normalized spacial score (nSPS) is 13.2. The van der Waals surface area contributed by atoms with Crippen LogP contribution in [-0.4, -0.2) is 18.3 Å². The summed E-state index contributed by atoms with van der Waals surface area (Å²) in [5.74, 6) is 0.348. The van der Waals surface area contributed by atoms with Gasteiger partial charge in [0.05, 0.1) is 19.8 Å². The maximum atomic E-state index is 8.59. The summed E-state index contributed by atoms with van der Waals surface area (Å²) in [6, 6.07) is 10.1. The van der Waals surface area contributed by atoms with Gasteiger partial charge in [0, 0.05) is 0 Å². The maximum absolute atomic E-state index is 8.59. The van der Waals surface area contributed by atoms with Crippen LogP contribution in [0.1, 0.15) is 12.5 Å². The quantitative estimate of drug-likeness (QED) is 0.724. The van der Waals surface area contributed by atoms with Gasteiger partial charge in [-0.25, -0.2) is 0 Å². The maximum Gasteiger partial charge on any atom is 0.0717 e. The lowest BCUT2D eigenvalue weighted by atomic mass is 10.2. The number of aliphatic hydroxyl groups excluding tert-OH is 1. The molecule has 0 amide bonds. The van der Waals surface area contributed by atoms with E-state index in [9.17, 15) is 0 Å². The summed E-state index contributed by atoms with van der Waals surface area (Å²) in [7, 11) is 0. The second-order valence-corrected chi connectivity index (χ2v) is 3.59. The van der Waals surface area contributed by atoms with Gasteiger partial charge in [0.25, 0.3) is 0 Å². The number of ether oxygens (including phenoxy) is 1. The standard InChI is InChI=1S/C13H18O2/c1-12(6-5-9-14)10-15-11-13-7-3-2-4-8-13/h2-8,12,14H,9-11H2,1H3. The van der Waals surface area contributed by atoms with Crippen LogP contribution in [0.25, 0.3) is 0 Å². The second-order valence-electron chi connectivity index (χ2n) is 3.59. The van der Waals surface area contributed by atoms with Gasteiger partial charge in [-0.2, -0.15) is 0 Å². The van der Waals surface area contributed by atoms with Crippen molar-refractivity contribution in [2.24, 2.45) is 5.92 Å². The molecule has 0 spiro atoms. The summed E-state index contributed by atoms with van der Waals surface area (Å²) in [6.07, 6.45) is 3.71. The lowest BCUT2D eigenvalue weighted by Crippen LogP contribution is -2.03. The fourth-order valence-corrected chi connectivity index (χ4v) is 1.29. The number of benzene rings is 1. The molecule has 2 nitrogen and oxygen atoms in total. The molecular formula is C13H18O2. The van der Waals surface area contributed by atoms with Crippen molar-refractivity contribution >= 4 is 0 Å². The summed E-state index contributed by atoms with van der Waals surface area (Å²) in [4.78, 5) is 0. The molecule has 15 heavy (non-hydrogen) atoms. The molecule has 1 unspecified atom stereocenters. The van der Waals surface area contributed by atoms with E-state index in [2.05, 4.69) is 6.92 Å². The summed E-state index contributed by atoms with van der Waals surface area (Å²) in [5, 5.41) is 8.59. The molecular weight excluding hydrogens is 188 g/mol. The first-order chi connectivity index (χ1) is 7.33. The third-order valence-electron chi connectivity index (χ3n) is 2.06. The Labute approximate surface area is 91.2 Å². The van der Waals surface area contributed by atoms with Gasteiger partial charge in [0.1, 0.15) is 0 Å². The molecule has 1 rings (SSSR count). The van der Waals surface area contributed by atoms with E-state index in [1.807, 2.05) is 36.4 Å². The zero-order valence-corrected chi connectivity index (χ0v) is 9.10. The van der Waals surface area contributed by atoms with E-state index in [0.717, 1.165) is 0 Å². The molecule has 0 aliphatic rings. The fourth-order valence-electron chi connectivity index (χ4n) is 1.29. The fraction of sp³-hybridized carbons (Fsp3) is 0.385. The molecule has 2 heteroatoms. The molecule has 0 aliphatic heterocycles. The van der Waals surface area contributed by atoms with Crippen molar-refractivity contribution in [1.29, 1.82) is 0 Å². The van der Waals surface area contributed by atoms with E-state index < -0.39 is 0 Å². The minimum Gasteiger partial charge on any atom is -0.392 e. The molecule has 0 bridgehead atoms. The zero-order valence-electron chi connectivity index (χ0n) is 9.10. The van der Waals surface area contributed by atoms with Crippen molar-refractivity contribution in [1.82, 2.24) is 0 Å². The first-order valence-electron chi connectivity index (χ1n) is 5.22. The van der Waals surface area contributed by atoms with E-state index in [1.54, 1.807) is 6.08 Å². The molecule has 0 aliphatic carbocycles. The topological polar surface area (TPSA) is 29.5 Å². The Kier molecular flexibility index (Phi) is 5.74. The summed E-state index contributed by atoms with van der Waals surface area (Å²) >= 11 is 0. The van der Waals surface area contributed by atoms with E-state index in [4.69, 9.17) is 9.84 Å². The second kappa shape index (κ2) is 7.21. The van der Waals surface area contributed by atoms with Crippen LogP contribution in [0.2, 0.25) is 0 Å². The SMILES string of the molecule is CC(C=CCO)COCc1ccccc1. The Balaban J connectivity index is 2.19. The van der Waals surface area contributed by atoms with Crippen LogP contribution < -0.4 is 0 Å². The minimum absolute atomic E-state index is 0.100. The van der Waals surface area contributed by atoms with Crippen LogP contribution in [-0.2, 0) is 11.3 Å². The summed E-state index contributed by atoms with van der Waals surface area (Å²) in [5.41, 5.74) is 1.19. The molecule has 0 saturated carbocycles.